The van der Waals surface area contributed by atoms with Gasteiger partial charge in [-0.15, -0.1) is 0 Å². The molecular formula is C14H22N2O. The second-order valence-electron chi connectivity index (χ2n) is 4.82. The Hall–Kier alpha value is -1.51. The highest BCUT2D eigenvalue weighted by molar-refractivity contribution is 5.99. The Bertz CT molecular complexity index is 399. The predicted octanol–water partition coefficient (Wildman–Crippen LogP) is 2.74. The van der Waals surface area contributed by atoms with E-state index in [1.54, 1.807) is 6.07 Å². The van der Waals surface area contributed by atoms with Crippen LogP contribution in [0.4, 0.5) is 5.69 Å². The van der Waals surface area contributed by atoms with Crippen LogP contribution in [0.1, 0.15) is 43.1 Å². The van der Waals surface area contributed by atoms with E-state index in [1.807, 2.05) is 19.1 Å². The van der Waals surface area contributed by atoms with Gasteiger partial charge in [0, 0.05) is 11.7 Å². The van der Waals surface area contributed by atoms with E-state index >= 15 is 0 Å². The van der Waals surface area contributed by atoms with Crippen LogP contribution in [-0.4, -0.2) is 11.9 Å². The van der Waals surface area contributed by atoms with Gasteiger partial charge in [0.05, 0.1) is 5.56 Å². The molecule has 1 amide bonds. The highest BCUT2D eigenvalue weighted by Crippen LogP contribution is 2.15. The summed E-state index contributed by atoms with van der Waals surface area (Å²) in [6, 6.07) is 5.71. The fraction of sp³-hybridized carbons (Fsp3) is 0.500. The van der Waals surface area contributed by atoms with Crippen molar-refractivity contribution >= 4 is 11.6 Å². The first kappa shape index (κ1) is 13.6. The summed E-state index contributed by atoms with van der Waals surface area (Å²) in [6.07, 6.45) is 0.926. The van der Waals surface area contributed by atoms with Gasteiger partial charge in [0.1, 0.15) is 0 Å². The summed E-state index contributed by atoms with van der Waals surface area (Å²) < 4.78 is 0. The molecular weight excluding hydrogens is 212 g/mol. The van der Waals surface area contributed by atoms with Crippen molar-refractivity contribution in [3.8, 4) is 0 Å². The van der Waals surface area contributed by atoms with Crippen molar-refractivity contribution in [2.45, 2.75) is 40.2 Å². The third-order valence-electron chi connectivity index (χ3n) is 3.01. The summed E-state index contributed by atoms with van der Waals surface area (Å²) in [4.78, 5) is 12.1. The van der Waals surface area contributed by atoms with Crippen molar-refractivity contribution in [1.82, 2.24) is 5.32 Å². The molecule has 94 valence electrons. The van der Waals surface area contributed by atoms with Crippen LogP contribution in [0.15, 0.2) is 18.2 Å². The van der Waals surface area contributed by atoms with Gasteiger partial charge in [-0.1, -0.05) is 26.8 Å². The van der Waals surface area contributed by atoms with E-state index in [2.05, 4.69) is 26.1 Å². The summed E-state index contributed by atoms with van der Waals surface area (Å²) in [7, 11) is 0. The topological polar surface area (TPSA) is 55.1 Å². The SMILES string of the molecule is CCC(NC(=O)c1ccc(C)cc1N)C(C)C. The molecule has 0 aliphatic carbocycles. The number of hydrogen-bond donors (Lipinski definition) is 2. The first-order chi connectivity index (χ1) is 7.95. The number of carbonyl (C=O) groups is 1. The number of nitrogens with one attached hydrogen (secondary N) is 1. The third kappa shape index (κ3) is 3.48. The number of aryl methyl sites for hydroxylation is 1. The number of hydrogen-bond acceptors (Lipinski definition) is 2. The number of amides is 1. The Morgan fingerprint density at radius 3 is 2.53 bits per heavy atom. The normalized spacial score (nSPS) is 12.5. The Labute approximate surface area is 103 Å². The van der Waals surface area contributed by atoms with Crippen molar-refractivity contribution in [3.63, 3.8) is 0 Å². The minimum Gasteiger partial charge on any atom is -0.398 e. The molecule has 1 atom stereocenters. The summed E-state index contributed by atoms with van der Waals surface area (Å²) >= 11 is 0. The lowest BCUT2D eigenvalue weighted by molar-refractivity contribution is 0.0925. The molecule has 1 rings (SSSR count). The smallest absolute Gasteiger partial charge is 0.253 e. The summed E-state index contributed by atoms with van der Waals surface area (Å²) in [5.41, 5.74) is 8.03. The molecule has 3 heteroatoms. The first-order valence-corrected chi connectivity index (χ1v) is 6.12. The molecule has 17 heavy (non-hydrogen) atoms. The molecule has 0 aliphatic rings. The van der Waals surface area contributed by atoms with Crippen LogP contribution < -0.4 is 11.1 Å². The highest BCUT2D eigenvalue weighted by Gasteiger charge is 2.16. The number of nitrogens with two attached hydrogens (primary N) is 1. The Kier molecular flexibility index (Phi) is 4.55. The molecule has 0 saturated carbocycles. The van der Waals surface area contributed by atoms with Gasteiger partial charge in [0.2, 0.25) is 0 Å². The molecule has 3 nitrogen and oxygen atoms in total. The van der Waals surface area contributed by atoms with Gasteiger partial charge in [0.15, 0.2) is 0 Å². The van der Waals surface area contributed by atoms with Gasteiger partial charge in [-0.2, -0.15) is 0 Å². The van der Waals surface area contributed by atoms with Crippen molar-refractivity contribution in [3.05, 3.63) is 29.3 Å². The molecule has 0 fully saturated rings. The number of benzene rings is 1. The van der Waals surface area contributed by atoms with Crippen molar-refractivity contribution in [2.24, 2.45) is 5.92 Å². The zero-order valence-electron chi connectivity index (χ0n) is 11.1. The summed E-state index contributed by atoms with van der Waals surface area (Å²) in [6.45, 7) is 8.24. The average Bonchev–Trinajstić information content (AvgIpc) is 2.24. The maximum absolute atomic E-state index is 12.1. The lowest BCUT2D eigenvalue weighted by Crippen LogP contribution is -2.38. The molecule has 0 saturated heterocycles. The number of rotatable bonds is 4. The van der Waals surface area contributed by atoms with Crippen LogP contribution in [0.25, 0.3) is 0 Å². The lowest BCUT2D eigenvalue weighted by atomic mass is 10.0. The third-order valence-corrected chi connectivity index (χ3v) is 3.01. The van der Waals surface area contributed by atoms with Gasteiger partial charge in [-0.3, -0.25) is 4.79 Å². The molecule has 0 bridgehead atoms. The van der Waals surface area contributed by atoms with E-state index in [0.717, 1.165) is 12.0 Å². The van der Waals surface area contributed by atoms with E-state index in [-0.39, 0.29) is 11.9 Å². The predicted molar refractivity (Wildman–Crippen MR) is 72.0 cm³/mol. The van der Waals surface area contributed by atoms with Crippen LogP contribution in [0, 0.1) is 12.8 Å². The molecule has 0 aromatic heterocycles. The van der Waals surface area contributed by atoms with E-state index in [1.165, 1.54) is 0 Å². The van der Waals surface area contributed by atoms with Crippen LogP contribution in [0.5, 0.6) is 0 Å². The number of carbonyl (C=O) groups excluding carboxylic acids is 1. The van der Waals surface area contributed by atoms with Gasteiger partial charge in [-0.25, -0.2) is 0 Å². The second-order valence-corrected chi connectivity index (χ2v) is 4.82. The minimum absolute atomic E-state index is 0.0805. The first-order valence-electron chi connectivity index (χ1n) is 6.12. The van der Waals surface area contributed by atoms with E-state index in [9.17, 15) is 4.79 Å². The second kappa shape index (κ2) is 5.71. The van der Waals surface area contributed by atoms with Crippen LogP contribution in [0.3, 0.4) is 0 Å². The van der Waals surface area contributed by atoms with Crippen molar-refractivity contribution in [1.29, 1.82) is 0 Å². The number of anilines is 1. The molecule has 0 aliphatic heterocycles. The molecule has 0 radical (unpaired) electrons. The number of nitrogen functional groups attached to an aromatic ring is 1. The fourth-order valence-electron chi connectivity index (χ4n) is 1.88. The zero-order chi connectivity index (χ0) is 13.0. The molecule has 0 heterocycles. The Balaban J connectivity index is 2.82. The largest absolute Gasteiger partial charge is 0.398 e. The Morgan fingerprint density at radius 2 is 2.06 bits per heavy atom. The Morgan fingerprint density at radius 1 is 1.41 bits per heavy atom. The monoisotopic (exact) mass is 234 g/mol. The van der Waals surface area contributed by atoms with Crippen LogP contribution in [0.2, 0.25) is 0 Å². The standard InChI is InChI=1S/C14H22N2O/c1-5-13(9(2)3)16-14(17)11-7-6-10(4)8-12(11)15/h6-9,13H,5,15H2,1-4H3,(H,16,17). The van der Waals surface area contributed by atoms with Crippen LogP contribution >= 0.6 is 0 Å². The van der Waals surface area contributed by atoms with Gasteiger partial charge in [-0.05, 0) is 37.0 Å². The molecule has 0 spiro atoms. The van der Waals surface area contributed by atoms with Gasteiger partial charge < -0.3 is 11.1 Å². The minimum atomic E-state index is -0.0805. The van der Waals surface area contributed by atoms with Gasteiger partial charge in [0.25, 0.3) is 5.91 Å². The lowest BCUT2D eigenvalue weighted by Gasteiger charge is -2.21. The van der Waals surface area contributed by atoms with Crippen molar-refractivity contribution < 1.29 is 4.79 Å². The summed E-state index contributed by atoms with van der Waals surface area (Å²) in [5.74, 6) is 0.346. The molecule has 3 N–H and O–H groups in total. The van der Waals surface area contributed by atoms with Gasteiger partial charge >= 0.3 is 0 Å². The van der Waals surface area contributed by atoms with Crippen molar-refractivity contribution in [2.75, 3.05) is 5.73 Å². The highest BCUT2D eigenvalue weighted by atomic mass is 16.1. The maximum atomic E-state index is 12.1. The maximum Gasteiger partial charge on any atom is 0.253 e. The fourth-order valence-corrected chi connectivity index (χ4v) is 1.88. The van der Waals surface area contributed by atoms with E-state index in [4.69, 9.17) is 5.73 Å². The van der Waals surface area contributed by atoms with E-state index in [0.29, 0.717) is 17.2 Å². The molecule has 1 unspecified atom stereocenters. The molecule has 1 aromatic rings. The van der Waals surface area contributed by atoms with E-state index < -0.39 is 0 Å². The zero-order valence-corrected chi connectivity index (χ0v) is 11.1. The summed E-state index contributed by atoms with van der Waals surface area (Å²) in [5, 5.41) is 3.02. The molecule has 1 aromatic carbocycles. The average molecular weight is 234 g/mol. The quantitative estimate of drug-likeness (QED) is 0.787. The van der Waals surface area contributed by atoms with Crippen LogP contribution in [-0.2, 0) is 0 Å².